The van der Waals surface area contributed by atoms with Gasteiger partial charge in [0, 0.05) is 29.9 Å². The van der Waals surface area contributed by atoms with E-state index in [9.17, 15) is 9.59 Å². The van der Waals surface area contributed by atoms with Crippen LogP contribution in [0.4, 0.5) is 5.69 Å². The molecule has 0 saturated carbocycles. The van der Waals surface area contributed by atoms with Crippen molar-refractivity contribution in [2.24, 2.45) is 0 Å². The Bertz CT molecular complexity index is 527. The first-order chi connectivity index (χ1) is 11.3. The Morgan fingerprint density at radius 3 is 2.00 bits per heavy atom. The molecule has 0 unspecified atom stereocenters. The number of amides is 2. The van der Waals surface area contributed by atoms with Crippen molar-refractivity contribution in [2.75, 3.05) is 25.0 Å². The number of carbonyl (C=O) groups excluding carboxylic acids is 2. The summed E-state index contributed by atoms with van der Waals surface area (Å²) in [5.74, 6) is 0.00967. The number of rotatable bonds is 8. The van der Waals surface area contributed by atoms with E-state index in [1.807, 2.05) is 37.8 Å². The molecule has 2 N–H and O–H groups in total. The maximum absolute atomic E-state index is 12.2. The maximum atomic E-state index is 12.2. The molecule has 0 aromatic heterocycles. The van der Waals surface area contributed by atoms with Gasteiger partial charge in [-0.05, 0) is 57.9 Å². The summed E-state index contributed by atoms with van der Waals surface area (Å²) in [4.78, 5) is 26.2. The molecule has 0 heterocycles. The number of hydrogen-bond donors (Lipinski definition) is 2. The lowest BCUT2D eigenvalue weighted by Gasteiger charge is -2.22. The molecule has 1 aromatic rings. The van der Waals surface area contributed by atoms with E-state index in [2.05, 4.69) is 24.5 Å². The van der Waals surface area contributed by atoms with Gasteiger partial charge in [0.2, 0.25) is 5.91 Å². The van der Waals surface area contributed by atoms with Gasteiger partial charge in [0.25, 0.3) is 5.91 Å². The molecular weight excluding hydrogens is 302 g/mol. The van der Waals surface area contributed by atoms with Crippen molar-refractivity contribution in [3.8, 4) is 0 Å². The van der Waals surface area contributed by atoms with Gasteiger partial charge < -0.3 is 15.5 Å². The van der Waals surface area contributed by atoms with Crippen LogP contribution in [0.25, 0.3) is 0 Å². The van der Waals surface area contributed by atoms with Crippen molar-refractivity contribution in [3.05, 3.63) is 29.8 Å². The summed E-state index contributed by atoms with van der Waals surface area (Å²) in [5, 5.41) is 6.06. The summed E-state index contributed by atoms with van der Waals surface area (Å²) < 4.78 is 0. The van der Waals surface area contributed by atoms with Gasteiger partial charge in [0.1, 0.15) is 0 Å². The zero-order valence-corrected chi connectivity index (χ0v) is 15.6. The Morgan fingerprint density at radius 2 is 1.54 bits per heavy atom. The molecule has 0 aliphatic carbocycles. The third-order valence-corrected chi connectivity index (χ3v) is 3.42. The fraction of sp³-hybridized carbons (Fsp3) is 0.579. The van der Waals surface area contributed by atoms with E-state index in [1.54, 1.807) is 12.1 Å². The molecule has 2 amide bonds. The Kier molecular flexibility index (Phi) is 7.75. The Balaban J connectivity index is 2.58. The van der Waals surface area contributed by atoms with E-state index in [0.29, 0.717) is 5.56 Å². The van der Waals surface area contributed by atoms with Gasteiger partial charge in [-0.1, -0.05) is 13.8 Å². The van der Waals surface area contributed by atoms with Crippen LogP contribution in [0.5, 0.6) is 0 Å². The smallest absolute Gasteiger partial charge is 0.251 e. The second-order valence-corrected chi connectivity index (χ2v) is 7.02. The topological polar surface area (TPSA) is 61.4 Å². The molecule has 1 aromatic carbocycles. The van der Waals surface area contributed by atoms with Crippen LogP contribution in [0.15, 0.2) is 24.3 Å². The number of anilines is 1. The number of benzene rings is 1. The molecule has 0 radical (unpaired) electrons. The molecular formula is C19H31N3O2. The number of carbonyl (C=O) groups is 2. The summed E-state index contributed by atoms with van der Waals surface area (Å²) in [6.07, 6.45) is 1.92. The lowest BCUT2D eigenvalue weighted by molar-refractivity contribution is -0.129. The molecule has 1 rings (SSSR count). The molecule has 5 heteroatoms. The summed E-state index contributed by atoms with van der Waals surface area (Å²) in [5.41, 5.74) is 1.19. The largest absolute Gasteiger partial charge is 0.376 e. The van der Waals surface area contributed by atoms with Crippen molar-refractivity contribution >= 4 is 17.5 Å². The van der Waals surface area contributed by atoms with Crippen LogP contribution in [-0.4, -0.2) is 41.9 Å². The average Bonchev–Trinajstić information content (AvgIpc) is 2.51. The van der Waals surface area contributed by atoms with Crippen molar-refractivity contribution < 1.29 is 9.59 Å². The molecule has 0 saturated heterocycles. The van der Waals surface area contributed by atoms with Crippen molar-refractivity contribution in [2.45, 2.75) is 53.0 Å². The second-order valence-electron chi connectivity index (χ2n) is 7.02. The van der Waals surface area contributed by atoms with Crippen LogP contribution >= 0.6 is 0 Å². The fourth-order valence-corrected chi connectivity index (χ4v) is 2.34. The monoisotopic (exact) mass is 333 g/mol. The van der Waals surface area contributed by atoms with E-state index in [0.717, 1.165) is 31.6 Å². The van der Waals surface area contributed by atoms with Crippen LogP contribution in [0.1, 0.15) is 57.8 Å². The van der Waals surface area contributed by atoms with Crippen LogP contribution in [0.3, 0.4) is 0 Å². The Morgan fingerprint density at radius 1 is 1.00 bits per heavy atom. The molecule has 134 valence electrons. The zero-order valence-electron chi connectivity index (χ0n) is 15.6. The minimum Gasteiger partial charge on any atom is -0.376 e. The van der Waals surface area contributed by atoms with E-state index < -0.39 is 0 Å². The number of nitrogens with zero attached hydrogens (tertiary/aromatic N) is 1. The van der Waals surface area contributed by atoms with Gasteiger partial charge in [-0.2, -0.15) is 0 Å². The van der Waals surface area contributed by atoms with E-state index >= 15 is 0 Å². The molecule has 0 bridgehead atoms. The van der Waals surface area contributed by atoms with E-state index in [-0.39, 0.29) is 23.9 Å². The lowest BCUT2D eigenvalue weighted by atomic mass is 10.1. The fourth-order valence-electron chi connectivity index (χ4n) is 2.34. The molecule has 0 spiro atoms. The van der Waals surface area contributed by atoms with Gasteiger partial charge >= 0.3 is 0 Å². The summed E-state index contributed by atoms with van der Waals surface area (Å²) in [7, 11) is 0. The number of nitrogens with one attached hydrogen (secondary N) is 2. The summed E-state index contributed by atoms with van der Waals surface area (Å²) >= 11 is 0. The van der Waals surface area contributed by atoms with Crippen LogP contribution in [-0.2, 0) is 4.79 Å². The van der Waals surface area contributed by atoms with Crippen molar-refractivity contribution in [1.29, 1.82) is 0 Å². The first kappa shape index (κ1) is 20.0. The van der Waals surface area contributed by atoms with Gasteiger partial charge in [-0.3, -0.25) is 9.59 Å². The van der Waals surface area contributed by atoms with Crippen LogP contribution < -0.4 is 10.6 Å². The highest BCUT2D eigenvalue weighted by Gasteiger charge is 2.15. The minimum atomic E-state index is -0.261. The third-order valence-electron chi connectivity index (χ3n) is 3.42. The van der Waals surface area contributed by atoms with Gasteiger partial charge in [0.15, 0.2) is 0 Å². The molecule has 0 aliphatic rings. The molecule has 0 aliphatic heterocycles. The first-order valence-electron chi connectivity index (χ1n) is 8.71. The van der Waals surface area contributed by atoms with Crippen molar-refractivity contribution in [3.63, 3.8) is 0 Å². The standard InChI is InChI=1S/C19H31N3O2/c1-6-12-22(13-7-2)17(23)14-20-16-10-8-15(9-11-16)18(24)21-19(3,4)5/h8-11,20H,6-7,12-14H2,1-5H3,(H,21,24). The van der Waals surface area contributed by atoms with E-state index in [1.165, 1.54) is 0 Å². The predicted molar refractivity (Wildman–Crippen MR) is 99.3 cm³/mol. The predicted octanol–water partition coefficient (Wildman–Crippen LogP) is 3.28. The lowest BCUT2D eigenvalue weighted by Crippen LogP contribution is -2.40. The highest BCUT2D eigenvalue weighted by Crippen LogP contribution is 2.11. The normalized spacial score (nSPS) is 11.0. The average molecular weight is 333 g/mol. The highest BCUT2D eigenvalue weighted by molar-refractivity contribution is 5.95. The van der Waals surface area contributed by atoms with Crippen LogP contribution in [0.2, 0.25) is 0 Å². The first-order valence-corrected chi connectivity index (χ1v) is 8.71. The minimum absolute atomic E-state index is 0.0952. The SMILES string of the molecule is CCCN(CCC)C(=O)CNc1ccc(C(=O)NC(C)(C)C)cc1. The second kappa shape index (κ2) is 9.30. The Labute approximate surface area is 145 Å². The summed E-state index contributed by atoms with van der Waals surface area (Å²) in [6.45, 7) is 11.9. The summed E-state index contributed by atoms with van der Waals surface area (Å²) in [6, 6.07) is 7.19. The van der Waals surface area contributed by atoms with Crippen LogP contribution in [0, 0.1) is 0 Å². The maximum Gasteiger partial charge on any atom is 0.251 e. The third kappa shape index (κ3) is 7.02. The molecule has 0 fully saturated rings. The molecule has 5 nitrogen and oxygen atoms in total. The molecule has 0 atom stereocenters. The van der Waals surface area contributed by atoms with Gasteiger partial charge in [-0.15, -0.1) is 0 Å². The Hall–Kier alpha value is -2.04. The zero-order chi connectivity index (χ0) is 18.2. The molecule has 24 heavy (non-hydrogen) atoms. The highest BCUT2D eigenvalue weighted by atomic mass is 16.2. The van der Waals surface area contributed by atoms with E-state index in [4.69, 9.17) is 0 Å². The quantitative estimate of drug-likeness (QED) is 0.767. The van der Waals surface area contributed by atoms with Gasteiger partial charge in [0.05, 0.1) is 6.54 Å². The number of hydrogen-bond acceptors (Lipinski definition) is 3. The van der Waals surface area contributed by atoms with Crippen molar-refractivity contribution in [1.82, 2.24) is 10.2 Å². The van der Waals surface area contributed by atoms with Gasteiger partial charge in [-0.25, -0.2) is 0 Å².